The second kappa shape index (κ2) is 22.6. The van der Waals surface area contributed by atoms with E-state index in [9.17, 15) is 0 Å². The molecule has 75 heavy (non-hydrogen) atoms. The Balaban J connectivity index is 0.000000167. The van der Waals surface area contributed by atoms with Crippen LogP contribution in [0.25, 0.3) is 38.6 Å². The van der Waals surface area contributed by atoms with Crippen LogP contribution in [0.15, 0.2) is 291 Å². The zero-order chi connectivity index (χ0) is 50.8. The maximum absolute atomic E-state index is 2.35. The van der Waals surface area contributed by atoms with Gasteiger partial charge in [-0.2, -0.15) is 0 Å². The van der Waals surface area contributed by atoms with Gasteiger partial charge in [0.1, 0.15) is 0 Å². The quantitative estimate of drug-likeness (QED) is 0.108. The smallest absolute Gasteiger partial charge is 0.0542 e. The molecule has 0 aliphatic carbocycles. The third-order valence-electron chi connectivity index (χ3n) is 13.9. The van der Waals surface area contributed by atoms with Gasteiger partial charge in [0.15, 0.2) is 0 Å². The van der Waals surface area contributed by atoms with Crippen LogP contribution in [-0.4, -0.2) is 4.57 Å². The minimum Gasteiger partial charge on any atom is -0.311 e. The number of rotatable bonds is 14. The fourth-order valence-electron chi connectivity index (χ4n) is 10.1. The van der Waals surface area contributed by atoms with Gasteiger partial charge in [-0.05, 0) is 170 Å². The van der Waals surface area contributed by atoms with E-state index in [2.05, 4.69) is 324 Å². The third-order valence-corrected chi connectivity index (χ3v) is 13.9. The highest BCUT2D eigenvalue weighted by molar-refractivity contribution is 6.10. The molecule has 0 bridgehead atoms. The summed E-state index contributed by atoms with van der Waals surface area (Å²) in [7, 11) is 0. The summed E-state index contributed by atoms with van der Waals surface area (Å²) >= 11 is 0. The number of aryl methyl sites for hydroxylation is 2. The van der Waals surface area contributed by atoms with Gasteiger partial charge in [0.2, 0.25) is 0 Å². The molecule has 0 N–H and O–H groups in total. The van der Waals surface area contributed by atoms with Gasteiger partial charge >= 0.3 is 0 Å². The Kier molecular flexibility index (Phi) is 14.4. The Morgan fingerprint density at radius 3 is 1.11 bits per heavy atom. The monoisotopic (exact) mass is 968 g/mol. The third kappa shape index (κ3) is 10.6. The van der Waals surface area contributed by atoms with E-state index in [1.54, 1.807) is 0 Å². The van der Waals surface area contributed by atoms with Crippen molar-refractivity contribution < 1.29 is 0 Å². The Morgan fingerprint density at radius 1 is 0.307 bits per heavy atom. The van der Waals surface area contributed by atoms with Crippen molar-refractivity contribution in [3.63, 3.8) is 0 Å². The molecule has 0 amide bonds. The molecule has 0 saturated carbocycles. The second-order valence-electron chi connectivity index (χ2n) is 18.9. The van der Waals surface area contributed by atoms with Gasteiger partial charge in [-0.25, -0.2) is 0 Å². The first-order valence-electron chi connectivity index (χ1n) is 26.1. The molecule has 1 heterocycles. The van der Waals surface area contributed by atoms with Gasteiger partial charge in [-0.3, -0.25) is 0 Å². The summed E-state index contributed by atoms with van der Waals surface area (Å²) in [4.78, 5) is 6.95. The van der Waals surface area contributed by atoms with E-state index in [0.29, 0.717) is 0 Å². The number of aromatic nitrogens is 1. The lowest BCUT2D eigenvalue weighted by Crippen LogP contribution is -2.10. The van der Waals surface area contributed by atoms with Crippen molar-refractivity contribution in [3.8, 4) is 16.8 Å². The van der Waals surface area contributed by atoms with Gasteiger partial charge in [-0.1, -0.05) is 177 Å². The largest absolute Gasteiger partial charge is 0.311 e. The normalized spacial score (nSPS) is 11.0. The highest BCUT2D eigenvalue weighted by atomic mass is 15.2. The fourth-order valence-corrected chi connectivity index (χ4v) is 10.1. The molecule has 0 spiro atoms. The number of unbranched alkanes of at least 4 members (excludes halogenated alkanes) is 1. The molecule has 12 aromatic rings. The first-order chi connectivity index (χ1) is 37.1. The second-order valence-corrected chi connectivity index (χ2v) is 18.9. The van der Waals surface area contributed by atoms with Crippen LogP contribution in [0.5, 0.6) is 0 Å². The number of hydrogen-bond acceptors (Lipinski definition) is 3. The molecule has 0 radical (unpaired) electrons. The number of hydrogen-bond donors (Lipinski definition) is 0. The molecule has 4 nitrogen and oxygen atoms in total. The molecule has 364 valence electrons. The van der Waals surface area contributed by atoms with Crippen molar-refractivity contribution >= 4 is 73.0 Å². The first kappa shape index (κ1) is 47.9. The molecule has 4 heteroatoms. The van der Waals surface area contributed by atoms with Crippen LogP contribution in [0.2, 0.25) is 0 Å². The Labute approximate surface area is 442 Å². The van der Waals surface area contributed by atoms with Crippen molar-refractivity contribution in [1.82, 2.24) is 4.57 Å². The van der Waals surface area contributed by atoms with Crippen molar-refractivity contribution in [1.29, 1.82) is 0 Å². The number of fused-ring (bicyclic) bond motifs is 3. The maximum Gasteiger partial charge on any atom is 0.0542 e. The van der Waals surface area contributed by atoms with Crippen LogP contribution in [0.1, 0.15) is 30.9 Å². The lowest BCUT2D eigenvalue weighted by atomic mass is 10.0. The van der Waals surface area contributed by atoms with E-state index in [1.807, 2.05) is 0 Å². The van der Waals surface area contributed by atoms with E-state index in [0.717, 1.165) is 51.9 Å². The molecule has 12 rings (SSSR count). The van der Waals surface area contributed by atoms with Crippen LogP contribution < -0.4 is 14.7 Å². The van der Waals surface area contributed by atoms with Gasteiger partial charge in [-0.15, -0.1) is 0 Å². The topological polar surface area (TPSA) is 14.7 Å². The highest BCUT2D eigenvalue weighted by Crippen LogP contribution is 2.41. The Bertz CT molecular complexity index is 3670. The van der Waals surface area contributed by atoms with Crippen LogP contribution in [0.3, 0.4) is 0 Å². The van der Waals surface area contributed by atoms with E-state index in [4.69, 9.17) is 0 Å². The molecular formula is C71H60N4. The van der Waals surface area contributed by atoms with Gasteiger partial charge in [0.05, 0.1) is 11.0 Å². The van der Waals surface area contributed by atoms with Crippen LogP contribution >= 0.6 is 0 Å². The predicted molar refractivity (Wildman–Crippen MR) is 320 cm³/mol. The number of nitrogens with zero attached hydrogens (tertiary/aromatic N) is 4. The molecule has 0 fully saturated rings. The van der Waals surface area contributed by atoms with Crippen LogP contribution in [-0.2, 0) is 6.42 Å². The fraction of sp³-hybridized carbons (Fsp3) is 0.0704. The van der Waals surface area contributed by atoms with E-state index in [1.165, 1.54) is 68.3 Å². The van der Waals surface area contributed by atoms with E-state index >= 15 is 0 Å². The summed E-state index contributed by atoms with van der Waals surface area (Å²) in [6, 6.07) is 104. The Morgan fingerprint density at radius 2 is 0.653 bits per heavy atom. The average molecular weight is 969 g/mol. The summed E-state index contributed by atoms with van der Waals surface area (Å²) in [5.74, 6) is 0. The van der Waals surface area contributed by atoms with Crippen molar-refractivity contribution in [2.45, 2.75) is 33.1 Å². The van der Waals surface area contributed by atoms with Gasteiger partial charge in [0.25, 0.3) is 0 Å². The zero-order valence-electron chi connectivity index (χ0n) is 42.6. The summed E-state index contributed by atoms with van der Waals surface area (Å²) in [5.41, 5.74) is 19.0. The number of benzene rings is 11. The van der Waals surface area contributed by atoms with Crippen molar-refractivity contribution in [3.05, 3.63) is 302 Å². The molecule has 0 atom stereocenters. The Hall–Kier alpha value is -9.38. The highest BCUT2D eigenvalue weighted by Gasteiger charge is 2.18. The number of anilines is 9. The predicted octanol–water partition coefficient (Wildman–Crippen LogP) is 20.2. The van der Waals surface area contributed by atoms with Crippen LogP contribution in [0.4, 0.5) is 51.2 Å². The molecule has 0 aliphatic rings. The van der Waals surface area contributed by atoms with Gasteiger partial charge < -0.3 is 19.3 Å². The van der Waals surface area contributed by atoms with Crippen molar-refractivity contribution in [2.75, 3.05) is 14.7 Å². The zero-order valence-corrected chi connectivity index (χ0v) is 42.6. The van der Waals surface area contributed by atoms with E-state index in [-0.39, 0.29) is 0 Å². The molecule has 1 aromatic heterocycles. The van der Waals surface area contributed by atoms with Crippen molar-refractivity contribution in [2.24, 2.45) is 0 Å². The first-order valence-corrected chi connectivity index (χ1v) is 26.1. The average Bonchev–Trinajstić information content (AvgIpc) is 3.81. The van der Waals surface area contributed by atoms with Crippen LogP contribution in [0, 0.1) is 6.92 Å². The van der Waals surface area contributed by atoms with E-state index < -0.39 is 0 Å². The SMILES string of the molecule is CCCCc1ccc(N(c2ccccc2)c2ccc(-c3ccc(N(c4ccccc4)c4ccc(C)cc4)cc3)cc2)cc1.c1ccc(N(c2ccccc2)c2ccc3c(c2)c2ccccc2n3-c2ccccc2)cc1. The summed E-state index contributed by atoms with van der Waals surface area (Å²) in [6.07, 6.45) is 3.56. The molecule has 0 saturated heterocycles. The minimum atomic E-state index is 1.13. The molecule has 0 aliphatic heterocycles. The summed E-state index contributed by atoms with van der Waals surface area (Å²) in [5, 5.41) is 2.51. The minimum absolute atomic E-state index is 1.13. The summed E-state index contributed by atoms with van der Waals surface area (Å²) in [6.45, 7) is 4.37. The maximum atomic E-state index is 2.35. The molecule has 0 unspecified atom stereocenters. The molecule has 11 aromatic carbocycles. The lowest BCUT2D eigenvalue weighted by Gasteiger charge is -2.26. The standard InChI is InChI=1S/C41H38N2.C30H22N2/c1-3-4-11-33-18-26-39(27-19-33)43(37-14-9-6-10-15-37)41-30-22-35(23-31-41)34-20-28-40(29-21-34)42(36-12-7-5-8-13-36)38-24-16-32(2)17-25-38;1-4-12-23(13-5-1)31(24-14-6-2-7-15-24)26-20-21-30-28(22-26)27-18-10-11-19-29(27)32(30)25-16-8-3-9-17-25/h5-10,12-31H,3-4,11H2,1-2H3;1-22H. The molecular weight excluding hydrogens is 909 g/mol. The summed E-state index contributed by atoms with van der Waals surface area (Å²) < 4.78 is 2.35. The number of para-hydroxylation sites is 6. The lowest BCUT2D eigenvalue weighted by molar-refractivity contribution is 0.795. The van der Waals surface area contributed by atoms with Gasteiger partial charge in [0, 0.05) is 67.6 Å².